The van der Waals surface area contributed by atoms with Crippen LogP contribution in [0.5, 0.6) is 0 Å². The van der Waals surface area contributed by atoms with Crippen LogP contribution in [0.25, 0.3) is 11.4 Å². The highest BCUT2D eigenvalue weighted by molar-refractivity contribution is 5.71. The zero-order valence-corrected chi connectivity index (χ0v) is 20.2. The summed E-state index contributed by atoms with van der Waals surface area (Å²) in [5.74, 6) is -0.964. The second kappa shape index (κ2) is 10.5. The number of hydrogen-bond acceptors (Lipinski definition) is 7. The fourth-order valence-electron chi connectivity index (χ4n) is 4.77. The van der Waals surface area contributed by atoms with Gasteiger partial charge >= 0.3 is 5.97 Å². The molecule has 5 rings (SSSR count). The lowest BCUT2D eigenvalue weighted by Crippen LogP contribution is -2.36. The number of esters is 1. The number of benzene rings is 2. The number of morpholine rings is 1. The molecule has 1 N–H and O–H groups in total. The average molecular weight is 493 g/mol. The van der Waals surface area contributed by atoms with Gasteiger partial charge in [-0.15, -0.1) is 0 Å². The number of aryl methyl sites for hydroxylation is 1. The number of anilines is 2. The predicted molar refractivity (Wildman–Crippen MR) is 135 cm³/mol. The highest BCUT2D eigenvalue weighted by atomic mass is 19.1. The van der Waals surface area contributed by atoms with Crippen LogP contribution < -0.4 is 15.8 Å². The first-order chi connectivity index (χ1) is 17.5. The molecule has 36 heavy (non-hydrogen) atoms. The number of hydrogen-bond donors (Lipinski definition) is 1. The van der Waals surface area contributed by atoms with Crippen molar-refractivity contribution in [1.29, 1.82) is 0 Å². The zero-order valence-electron chi connectivity index (χ0n) is 20.2. The predicted octanol–water partition coefficient (Wildman–Crippen LogP) is 3.55. The fourth-order valence-corrected chi connectivity index (χ4v) is 4.77. The first kappa shape index (κ1) is 24.0. The van der Waals surface area contributed by atoms with Crippen molar-refractivity contribution in [3.63, 3.8) is 0 Å². The Labute approximate surface area is 208 Å². The first-order valence-electron chi connectivity index (χ1n) is 12.3. The smallest absolute Gasteiger partial charge is 0.326 e. The number of carbonyl (C=O) groups excluding carboxylic acids is 1. The molecule has 0 bridgehead atoms. The minimum absolute atomic E-state index is 0.0823. The standard InChI is InChI=1S/C27H29FN4O4/c1-2-36-24(33)17-32-26(20-5-3-4-6-21(20)28)30-23-12-11-22(29-25(23)27(32)34)18-7-9-19(10-8-18)31-13-15-35-16-14-31/h3-10,22,29H,2,11-17H2,1H3. The van der Waals surface area contributed by atoms with Gasteiger partial charge < -0.3 is 19.7 Å². The van der Waals surface area contributed by atoms with E-state index in [1.165, 1.54) is 10.6 Å². The van der Waals surface area contributed by atoms with E-state index in [2.05, 4.69) is 39.5 Å². The molecule has 188 valence electrons. The number of halogens is 1. The molecule has 0 saturated carbocycles. The summed E-state index contributed by atoms with van der Waals surface area (Å²) < 4.78 is 26.4. The van der Waals surface area contributed by atoms with Gasteiger partial charge in [0, 0.05) is 18.8 Å². The summed E-state index contributed by atoms with van der Waals surface area (Å²) in [7, 11) is 0. The van der Waals surface area contributed by atoms with Gasteiger partial charge in [0.25, 0.3) is 5.56 Å². The van der Waals surface area contributed by atoms with Gasteiger partial charge in [0.1, 0.15) is 23.9 Å². The molecular weight excluding hydrogens is 463 g/mol. The Morgan fingerprint density at radius 2 is 1.92 bits per heavy atom. The van der Waals surface area contributed by atoms with Gasteiger partial charge in [0.05, 0.1) is 37.1 Å². The van der Waals surface area contributed by atoms with Crippen molar-refractivity contribution in [2.75, 3.05) is 43.1 Å². The van der Waals surface area contributed by atoms with E-state index < -0.39 is 17.3 Å². The Kier molecular flexibility index (Phi) is 6.99. The van der Waals surface area contributed by atoms with E-state index in [0.717, 1.165) is 44.0 Å². The molecule has 1 aromatic heterocycles. The van der Waals surface area contributed by atoms with Gasteiger partial charge in [-0.3, -0.25) is 14.2 Å². The molecule has 1 fully saturated rings. The highest BCUT2D eigenvalue weighted by Gasteiger charge is 2.27. The maximum atomic E-state index is 14.7. The van der Waals surface area contributed by atoms with E-state index in [-0.39, 0.29) is 30.6 Å². The van der Waals surface area contributed by atoms with Crippen LogP contribution in [0.15, 0.2) is 53.3 Å². The van der Waals surface area contributed by atoms with Crippen LogP contribution in [-0.4, -0.2) is 48.4 Å². The molecule has 3 aromatic rings. The number of fused-ring (bicyclic) bond motifs is 1. The van der Waals surface area contributed by atoms with Crippen LogP contribution in [0.1, 0.15) is 30.6 Å². The summed E-state index contributed by atoms with van der Waals surface area (Å²) >= 11 is 0. The second-order valence-corrected chi connectivity index (χ2v) is 8.86. The molecule has 2 aliphatic rings. The van der Waals surface area contributed by atoms with Crippen LogP contribution in [0.2, 0.25) is 0 Å². The number of nitrogens with zero attached hydrogens (tertiary/aromatic N) is 3. The molecule has 2 aliphatic heterocycles. The fraction of sp³-hybridized carbons (Fsp3) is 0.370. The quantitative estimate of drug-likeness (QED) is 0.527. The van der Waals surface area contributed by atoms with Gasteiger partial charge in [-0.1, -0.05) is 24.3 Å². The Bertz CT molecular complexity index is 1300. The van der Waals surface area contributed by atoms with Crippen LogP contribution in [0, 0.1) is 5.82 Å². The summed E-state index contributed by atoms with van der Waals surface area (Å²) in [4.78, 5) is 32.9. The summed E-state index contributed by atoms with van der Waals surface area (Å²) in [6.45, 7) is 4.71. The monoisotopic (exact) mass is 492 g/mol. The van der Waals surface area contributed by atoms with Crippen molar-refractivity contribution in [3.05, 3.63) is 76.0 Å². The molecule has 1 saturated heterocycles. The first-order valence-corrected chi connectivity index (χ1v) is 12.3. The Morgan fingerprint density at radius 3 is 2.64 bits per heavy atom. The summed E-state index contributed by atoms with van der Waals surface area (Å²) in [5.41, 5.74) is 2.87. The van der Waals surface area contributed by atoms with Crippen molar-refractivity contribution in [2.45, 2.75) is 32.4 Å². The van der Waals surface area contributed by atoms with Crippen LogP contribution in [0.3, 0.4) is 0 Å². The van der Waals surface area contributed by atoms with E-state index in [9.17, 15) is 14.0 Å². The highest BCUT2D eigenvalue weighted by Crippen LogP contribution is 2.32. The van der Waals surface area contributed by atoms with Crippen LogP contribution >= 0.6 is 0 Å². The van der Waals surface area contributed by atoms with Crippen molar-refractivity contribution in [3.8, 4) is 11.4 Å². The molecule has 0 amide bonds. The summed E-state index contributed by atoms with van der Waals surface area (Å²) in [6, 6.07) is 14.4. The molecule has 0 spiro atoms. The van der Waals surface area contributed by atoms with E-state index in [4.69, 9.17) is 9.47 Å². The lowest BCUT2D eigenvalue weighted by molar-refractivity contribution is -0.143. The van der Waals surface area contributed by atoms with E-state index >= 15 is 0 Å². The largest absolute Gasteiger partial charge is 0.465 e. The number of rotatable bonds is 6. The molecule has 9 heteroatoms. The van der Waals surface area contributed by atoms with Crippen LogP contribution in [-0.2, 0) is 27.2 Å². The third-order valence-corrected chi connectivity index (χ3v) is 6.61. The topological polar surface area (TPSA) is 85.7 Å². The van der Waals surface area contributed by atoms with Crippen LogP contribution in [0.4, 0.5) is 15.8 Å². The van der Waals surface area contributed by atoms with Gasteiger partial charge in [-0.2, -0.15) is 0 Å². The number of aromatic nitrogens is 2. The second-order valence-electron chi connectivity index (χ2n) is 8.86. The third-order valence-electron chi connectivity index (χ3n) is 6.61. The SMILES string of the molecule is CCOC(=O)Cn1c(-c2ccccc2F)nc2c(c1=O)NC(c1ccc(N3CCOCC3)cc1)CC2. The van der Waals surface area contributed by atoms with Crippen molar-refractivity contribution in [1.82, 2.24) is 9.55 Å². The lowest BCUT2D eigenvalue weighted by Gasteiger charge is -2.30. The van der Waals surface area contributed by atoms with Crippen molar-refractivity contribution < 1.29 is 18.7 Å². The number of ether oxygens (including phenoxy) is 2. The normalized spacial score (nSPS) is 17.3. The minimum atomic E-state index is -0.579. The Balaban J connectivity index is 1.47. The lowest BCUT2D eigenvalue weighted by atomic mass is 9.96. The third kappa shape index (κ3) is 4.83. The van der Waals surface area contributed by atoms with E-state index in [1.54, 1.807) is 25.1 Å². The number of carbonyl (C=O) groups is 1. The number of nitrogens with one attached hydrogen (secondary N) is 1. The molecule has 0 aliphatic carbocycles. The van der Waals surface area contributed by atoms with Gasteiger partial charge in [0.2, 0.25) is 0 Å². The maximum absolute atomic E-state index is 14.7. The molecule has 0 radical (unpaired) electrons. The molecule has 3 heterocycles. The van der Waals surface area contributed by atoms with Gasteiger partial charge in [-0.25, -0.2) is 9.37 Å². The van der Waals surface area contributed by atoms with Gasteiger partial charge in [-0.05, 0) is 49.6 Å². The molecule has 1 unspecified atom stereocenters. The maximum Gasteiger partial charge on any atom is 0.326 e. The van der Waals surface area contributed by atoms with Gasteiger partial charge in [0.15, 0.2) is 0 Å². The molecule has 2 aromatic carbocycles. The molecule has 1 atom stereocenters. The summed E-state index contributed by atoms with van der Waals surface area (Å²) in [6.07, 6.45) is 1.28. The van der Waals surface area contributed by atoms with Crippen molar-refractivity contribution >= 4 is 17.3 Å². The zero-order chi connectivity index (χ0) is 25.1. The average Bonchev–Trinajstić information content (AvgIpc) is 2.91. The Morgan fingerprint density at radius 1 is 1.17 bits per heavy atom. The minimum Gasteiger partial charge on any atom is -0.465 e. The van der Waals surface area contributed by atoms with Crippen molar-refractivity contribution in [2.24, 2.45) is 0 Å². The molecule has 8 nitrogen and oxygen atoms in total. The van der Waals surface area contributed by atoms with E-state index in [0.29, 0.717) is 17.8 Å². The summed E-state index contributed by atoms with van der Waals surface area (Å²) in [5, 5.41) is 3.34. The van der Waals surface area contributed by atoms with E-state index in [1.807, 2.05) is 0 Å². The molecular formula is C27H29FN4O4. The Hall–Kier alpha value is -3.72.